The van der Waals surface area contributed by atoms with Crippen LogP contribution in [0.2, 0.25) is 0 Å². The number of piperidine rings is 1. The molecule has 1 amide bonds. The van der Waals surface area contributed by atoms with Crippen molar-refractivity contribution in [2.75, 3.05) is 20.2 Å². The number of rotatable bonds is 5. The van der Waals surface area contributed by atoms with Gasteiger partial charge >= 0.3 is 0 Å². The molecule has 0 unspecified atom stereocenters. The summed E-state index contributed by atoms with van der Waals surface area (Å²) in [6.07, 6.45) is 8.02. The van der Waals surface area contributed by atoms with Crippen LogP contribution in [0.15, 0.2) is 24.5 Å². The first kappa shape index (κ1) is 17.9. The van der Waals surface area contributed by atoms with Crippen molar-refractivity contribution >= 4 is 5.91 Å². The standard InChI is InChI=1S/C20H23F2N3O2/c1-27-16-7-6-15(21)18(22)17(16)20(26)25-9-2-3-14(12-25)19-23-8-10-24(19)11-13-4-5-13/h6-8,10,13-14H,2-5,9,11-12H2,1H3/t14-/m0/s1. The van der Waals surface area contributed by atoms with E-state index in [9.17, 15) is 13.6 Å². The van der Waals surface area contributed by atoms with Gasteiger partial charge in [0, 0.05) is 37.9 Å². The maximum Gasteiger partial charge on any atom is 0.260 e. The van der Waals surface area contributed by atoms with Crippen LogP contribution in [-0.4, -0.2) is 40.6 Å². The summed E-state index contributed by atoms with van der Waals surface area (Å²) in [5.41, 5.74) is -0.334. The minimum absolute atomic E-state index is 0.0521. The quantitative estimate of drug-likeness (QED) is 0.802. The van der Waals surface area contributed by atoms with Crippen LogP contribution in [0, 0.1) is 17.6 Å². The topological polar surface area (TPSA) is 47.4 Å². The summed E-state index contributed by atoms with van der Waals surface area (Å²) in [6.45, 7) is 1.92. The number of amides is 1. The van der Waals surface area contributed by atoms with E-state index in [4.69, 9.17) is 4.74 Å². The molecule has 1 aromatic heterocycles. The fourth-order valence-corrected chi connectivity index (χ4v) is 3.85. The third-order valence-corrected chi connectivity index (χ3v) is 5.46. The third kappa shape index (κ3) is 3.55. The zero-order valence-electron chi connectivity index (χ0n) is 15.3. The molecule has 144 valence electrons. The Balaban J connectivity index is 1.56. The molecule has 2 aliphatic rings. The molecule has 0 N–H and O–H groups in total. The van der Waals surface area contributed by atoms with Gasteiger partial charge in [-0.15, -0.1) is 0 Å². The Bertz CT molecular complexity index is 848. The molecule has 2 heterocycles. The Labute approximate surface area is 156 Å². The molecule has 1 aliphatic heterocycles. The molecular weight excluding hydrogens is 352 g/mol. The van der Waals surface area contributed by atoms with E-state index < -0.39 is 17.5 Å². The Morgan fingerprint density at radius 3 is 2.85 bits per heavy atom. The number of imidazole rings is 1. The van der Waals surface area contributed by atoms with Gasteiger partial charge in [-0.05, 0) is 43.7 Å². The molecule has 0 radical (unpaired) electrons. The van der Waals surface area contributed by atoms with Crippen LogP contribution in [0.25, 0.3) is 0 Å². The minimum Gasteiger partial charge on any atom is -0.496 e. The fraction of sp³-hybridized carbons (Fsp3) is 0.500. The van der Waals surface area contributed by atoms with Crippen molar-refractivity contribution in [2.24, 2.45) is 5.92 Å². The number of methoxy groups -OCH3 is 1. The molecule has 4 rings (SSSR count). The van der Waals surface area contributed by atoms with Crippen LogP contribution in [0.1, 0.15) is 47.8 Å². The van der Waals surface area contributed by atoms with Gasteiger partial charge < -0.3 is 14.2 Å². The van der Waals surface area contributed by atoms with Crippen LogP contribution < -0.4 is 4.74 Å². The Kier molecular flexibility index (Phi) is 4.85. The van der Waals surface area contributed by atoms with Crippen molar-refractivity contribution in [3.63, 3.8) is 0 Å². The Morgan fingerprint density at radius 2 is 2.11 bits per heavy atom. The summed E-state index contributed by atoms with van der Waals surface area (Å²) in [6, 6.07) is 2.26. The monoisotopic (exact) mass is 375 g/mol. The summed E-state index contributed by atoms with van der Waals surface area (Å²) in [7, 11) is 1.34. The molecule has 1 aliphatic carbocycles. The highest BCUT2D eigenvalue weighted by molar-refractivity contribution is 5.97. The molecule has 0 spiro atoms. The van der Waals surface area contributed by atoms with E-state index >= 15 is 0 Å². The summed E-state index contributed by atoms with van der Waals surface area (Å²) in [5, 5.41) is 0. The summed E-state index contributed by atoms with van der Waals surface area (Å²) < 4.78 is 35.3. The molecular formula is C20H23F2N3O2. The predicted octanol–water partition coefficient (Wildman–Crippen LogP) is 3.60. The molecule has 1 saturated carbocycles. The zero-order valence-corrected chi connectivity index (χ0v) is 15.3. The Hall–Kier alpha value is -2.44. The first-order valence-electron chi connectivity index (χ1n) is 9.40. The van der Waals surface area contributed by atoms with E-state index in [1.54, 1.807) is 11.1 Å². The van der Waals surface area contributed by atoms with Crippen molar-refractivity contribution in [3.8, 4) is 5.75 Å². The molecule has 1 saturated heterocycles. The maximum absolute atomic E-state index is 14.3. The molecule has 1 atom stereocenters. The van der Waals surface area contributed by atoms with Crippen LogP contribution >= 0.6 is 0 Å². The van der Waals surface area contributed by atoms with Gasteiger partial charge in [0.1, 0.15) is 17.1 Å². The zero-order chi connectivity index (χ0) is 19.0. The number of carbonyl (C=O) groups excluding carboxylic acids is 1. The van der Waals surface area contributed by atoms with Crippen molar-refractivity contribution in [1.29, 1.82) is 0 Å². The summed E-state index contributed by atoms with van der Waals surface area (Å²) in [4.78, 5) is 19.1. The van der Waals surface area contributed by atoms with Crippen LogP contribution in [0.4, 0.5) is 8.78 Å². The molecule has 27 heavy (non-hydrogen) atoms. The smallest absolute Gasteiger partial charge is 0.260 e. The van der Waals surface area contributed by atoms with Gasteiger partial charge in [-0.25, -0.2) is 13.8 Å². The normalized spacial score (nSPS) is 20.0. The van der Waals surface area contributed by atoms with E-state index in [0.29, 0.717) is 13.1 Å². The SMILES string of the molecule is COc1ccc(F)c(F)c1C(=O)N1CCC[C@H](c2nccn2CC2CC2)C1. The number of benzene rings is 1. The number of hydrogen-bond donors (Lipinski definition) is 0. The summed E-state index contributed by atoms with van der Waals surface area (Å²) in [5.74, 6) is -0.885. The summed E-state index contributed by atoms with van der Waals surface area (Å²) >= 11 is 0. The van der Waals surface area contributed by atoms with Crippen molar-refractivity contribution in [1.82, 2.24) is 14.5 Å². The number of ether oxygens (including phenoxy) is 1. The molecule has 2 aromatic rings. The van der Waals surface area contributed by atoms with E-state index in [2.05, 4.69) is 9.55 Å². The van der Waals surface area contributed by atoms with Gasteiger partial charge in [-0.2, -0.15) is 0 Å². The lowest BCUT2D eigenvalue weighted by atomic mass is 9.96. The fourth-order valence-electron chi connectivity index (χ4n) is 3.85. The Morgan fingerprint density at radius 1 is 1.30 bits per heavy atom. The molecule has 7 heteroatoms. The van der Waals surface area contributed by atoms with E-state index in [-0.39, 0.29) is 17.2 Å². The van der Waals surface area contributed by atoms with Crippen molar-refractivity contribution in [3.05, 3.63) is 47.5 Å². The largest absolute Gasteiger partial charge is 0.496 e. The van der Waals surface area contributed by atoms with Crippen molar-refractivity contribution in [2.45, 2.75) is 38.1 Å². The second-order valence-electron chi connectivity index (χ2n) is 7.41. The van der Waals surface area contributed by atoms with Gasteiger partial charge in [0.25, 0.3) is 5.91 Å². The number of aromatic nitrogens is 2. The van der Waals surface area contributed by atoms with Gasteiger partial charge in [0.05, 0.1) is 7.11 Å². The number of halogens is 2. The van der Waals surface area contributed by atoms with Crippen LogP contribution in [0.3, 0.4) is 0 Å². The lowest BCUT2D eigenvalue weighted by Gasteiger charge is -2.33. The maximum atomic E-state index is 14.3. The van der Waals surface area contributed by atoms with E-state index in [0.717, 1.165) is 37.2 Å². The second kappa shape index (κ2) is 7.29. The van der Waals surface area contributed by atoms with Gasteiger partial charge in [0.15, 0.2) is 11.6 Å². The van der Waals surface area contributed by atoms with Gasteiger partial charge in [-0.1, -0.05) is 0 Å². The number of carbonyl (C=O) groups is 1. The number of likely N-dealkylation sites (tertiary alicyclic amines) is 1. The number of nitrogens with zero attached hydrogens (tertiary/aromatic N) is 3. The van der Waals surface area contributed by atoms with E-state index in [1.807, 2.05) is 6.20 Å². The average Bonchev–Trinajstić information content (AvgIpc) is 3.38. The molecule has 1 aromatic carbocycles. The van der Waals surface area contributed by atoms with Gasteiger partial charge in [-0.3, -0.25) is 4.79 Å². The molecule has 0 bridgehead atoms. The van der Waals surface area contributed by atoms with Crippen LogP contribution in [-0.2, 0) is 6.54 Å². The predicted molar refractivity (Wildman–Crippen MR) is 95.7 cm³/mol. The molecule has 5 nitrogen and oxygen atoms in total. The average molecular weight is 375 g/mol. The molecule has 2 fully saturated rings. The lowest BCUT2D eigenvalue weighted by molar-refractivity contribution is 0.0693. The second-order valence-corrected chi connectivity index (χ2v) is 7.41. The minimum atomic E-state index is -1.16. The van der Waals surface area contributed by atoms with Crippen molar-refractivity contribution < 1.29 is 18.3 Å². The lowest BCUT2D eigenvalue weighted by Crippen LogP contribution is -2.40. The number of hydrogen-bond acceptors (Lipinski definition) is 3. The highest BCUT2D eigenvalue weighted by Gasteiger charge is 2.32. The highest BCUT2D eigenvalue weighted by atomic mass is 19.2. The van der Waals surface area contributed by atoms with Crippen LogP contribution in [0.5, 0.6) is 5.75 Å². The first-order valence-corrected chi connectivity index (χ1v) is 9.40. The van der Waals surface area contributed by atoms with Gasteiger partial charge in [0.2, 0.25) is 0 Å². The highest BCUT2D eigenvalue weighted by Crippen LogP contribution is 2.34. The first-order chi connectivity index (χ1) is 13.1. The van der Waals surface area contributed by atoms with E-state index in [1.165, 1.54) is 26.0 Å². The third-order valence-electron chi connectivity index (χ3n) is 5.46.